The molecule has 0 unspecified atom stereocenters. The van der Waals surface area contributed by atoms with Gasteiger partial charge in [0.15, 0.2) is 0 Å². The van der Waals surface area contributed by atoms with Gasteiger partial charge >= 0.3 is 18.2 Å². The molecule has 3 heterocycles. The van der Waals surface area contributed by atoms with Crippen molar-refractivity contribution in [2.75, 3.05) is 56.0 Å². The summed E-state index contributed by atoms with van der Waals surface area (Å²) in [7, 11) is 0. The zero-order valence-electron chi connectivity index (χ0n) is 20.5. The Bertz CT molecular complexity index is 1040. The normalized spacial score (nSPS) is 21.1. The number of hydrogen-bond acceptors (Lipinski definition) is 5. The van der Waals surface area contributed by atoms with Crippen molar-refractivity contribution >= 4 is 23.5 Å². The summed E-state index contributed by atoms with van der Waals surface area (Å²) in [6.45, 7) is 5.12. The minimum absolute atomic E-state index is 0.0250. The molecule has 0 bridgehead atoms. The van der Waals surface area contributed by atoms with Gasteiger partial charge in [-0.2, -0.15) is 13.2 Å². The van der Waals surface area contributed by atoms with Crippen molar-refractivity contribution in [2.24, 2.45) is 11.8 Å². The number of piperidine rings is 1. The van der Waals surface area contributed by atoms with Crippen LogP contribution in [0.2, 0.25) is 0 Å². The third kappa shape index (κ3) is 7.34. The SMILES string of the molecule is O=C(O)C[C@@H]1CCN(C(=O)Nc2ccc(C(F)(F)F)cc2)C[C@H]1CCN1CCN(c2ccccn2)CC1. The van der Waals surface area contributed by atoms with Crippen LogP contribution in [-0.2, 0) is 11.0 Å². The van der Waals surface area contributed by atoms with E-state index in [0.717, 1.165) is 57.1 Å². The number of amides is 2. The standard InChI is InChI=1S/C26H32F3N5O3/c27-26(28,29)21-4-6-22(7-5-21)31-25(37)34-12-9-19(17-24(35)36)20(18-34)8-11-32-13-15-33(16-14-32)23-3-1-2-10-30-23/h1-7,10,19-20H,8-9,11-18H2,(H,31,37)(H,35,36)/t19-,20+/m0/s1. The lowest BCUT2D eigenvalue weighted by molar-refractivity contribution is -0.139. The molecule has 37 heavy (non-hydrogen) atoms. The number of carboxylic acids is 1. The van der Waals surface area contributed by atoms with E-state index in [0.29, 0.717) is 19.5 Å². The number of carbonyl (C=O) groups is 2. The number of nitrogens with zero attached hydrogens (tertiary/aromatic N) is 4. The molecule has 2 amide bonds. The number of hydrogen-bond donors (Lipinski definition) is 2. The van der Waals surface area contributed by atoms with Gasteiger partial charge in [-0.1, -0.05) is 6.07 Å². The van der Waals surface area contributed by atoms with Crippen molar-refractivity contribution in [1.29, 1.82) is 0 Å². The number of carbonyl (C=O) groups excluding carboxylic acids is 1. The number of carboxylic acid groups (broad SMARTS) is 1. The molecule has 0 spiro atoms. The Kier molecular flexibility index (Phi) is 8.52. The van der Waals surface area contributed by atoms with Crippen LogP contribution in [0.25, 0.3) is 0 Å². The first-order valence-electron chi connectivity index (χ1n) is 12.5. The molecule has 0 aliphatic carbocycles. The largest absolute Gasteiger partial charge is 0.481 e. The highest BCUT2D eigenvalue weighted by Gasteiger charge is 2.34. The summed E-state index contributed by atoms with van der Waals surface area (Å²) in [6.07, 6.45) is -1.25. The van der Waals surface area contributed by atoms with Gasteiger partial charge < -0.3 is 20.2 Å². The highest BCUT2D eigenvalue weighted by Crippen LogP contribution is 2.31. The van der Waals surface area contributed by atoms with Crippen LogP contribution in [-0.4, -0.2) is 77.7 Å². The monoisotopic (exact) mass is 519 g/mol. The van der Waals surface area contributed by atoms with Gasteiger partial charge in [-0.25, -0.2) is 9.78 Å². The number of rotatable bonds is 7. The summed E-state index contributed by atoms with van der Waals surface area (Å²) in [5.41, 5.74) is -0.492. The number of anilines is 2. The third-order valence-corrected chi connectivity index (χ3v) is 7.24. The van der Waals surface area contributed by atoms with Crippen LogP contribution in [0, 0.1) is 11.8 Å². The first-order valence-corrected chi connectivity index (χ1v) is 12.5. The van der Waals surface area contributed by atoms with Gasteiger partial charge in [0.2, 0.25) is 0 Å². The number of nitrogens with one attached hydrogen (secondary N) is 1. The zero-order chi connectivity index (χ0) is 26.4. The van der Waals surface area contributed by atoms with Crippen LogP contribution in [0.5, 0.6) is 0 Å². The average Bonchev–Trinajstić information content (AvgIpc) is 2.88. The minimum atomic E-state index is -4.44. The van der Waals surface area contributed by atoms with Crippen LogP contribution < -0.4 is 10.2 Å². The first kappa shape index (κ1) is 26.7. The quantitative estimate of drug-likeness (QED) is 0.569. The molecule has 2 N–H and O–H groups in total. The summed E-state index contributed by atoms with van der Waals surface area (Å²) < 4.78 is 38.4. The highest BCUT2D eigenvalue weighted by molar-refractivity contribution is 5.89. The Hall–Kier alpha value is -3.34. The highest BCUT2D eigenvalue weighted by atomic mass is 19.4. The number of halogens is 3. The molecule has 1 aromatic heterocycles. The Balaban J connectivity index is 1.31. The average molecular weight is 520 g/mol. The molecule has 2 atom stereocenters. The van der Waals surface area contributed by atoms with Crippen molar-refractivity contribution in [1.82, 2.24) is 14.8 Å². The predicted octanol–water partition coefficient (Wildman–Crippen LogP) is 4.26. The molecule has 8 nitrogen and oxygen atoms in total. The molecule has 2 aliphatic rings. The topological polar surface area (TPSA) is 89.0 Å². The van der Waals surface area contributed by atoms with Crippen LogP contribution in [0.1, 0.15) is 24.8 Å². The van der Waals surface area contributed by atoms with Crippen LogP contribution in [0.3, 0.4) is 0 Å². The molecular weight excluding hydrogens is 487 g/mol. The van der Waals surface area contributed by atoms with E-state index < -0.39 is 17.7 Å². The number of urea groups is 1. The summed E-state index contributed by atoms with van der Waals surface area (Å²) in [4.78, 5) is 35.0. The fraction of sp³-hybridized carbons (Fsp3) is 0.500. The number of aromatic nitrogens is 1. The van der Waals surface area contributed by atoms with Crippen LogP contribution in [0.4, 0.5) is 29.5 Å². The van der Waals surface area contributed by atoms with E-state index in [9.17, 15) is 27.9 Å². The Labute approximate surface area is 214 Å². The number of benzene rings is 1. The molecule has 1 aromatic carbocycles. The lowest BCUT2D eigenvalue weighted by Crippen LogP contribution is -2.49. The van der Waals surface area contributed by atoms with E-state index in [1.54, 1.807) is 11.1 Å². The molecular formula is C26H32F3N5O3. The molecule has 2 fully saturated rings. The zero-order valence-corrected chi connectivity index (χ0v) is 20.5. The van der Waals surface area contributed by atoms with E-state index in [-0.39, 0.29) is 30.0 Å². The van der Waals surface area contributed by atoms with Gasteiger partial charge in [-0.3, -0.25) is 9.69 Å². The molecule has 4 rings (SSSR count). The van der Waals surface area contributed by atoms with E-state index >= 15 is 0 Å². The fourth-order valence-electron chi connectivity index (χ4n) is 5.12. The molecule has 2 aromatic rings. The van der Waals surface area contributed by atoms with Crippen molar-refractivity contribution in [3.05, 3.63) is 54.2 Å². The second-order valence-electron chi connectivity index (χ2n) is 9.66. The maximum Gasteiger partial charge on any atom is 0.416 e. The minimum Gasteiger partial charge on any atom is -0.481 e. The fourth-order valence-corrected chi connectivity index (χ4v) is 5.12. The number of aliphatic carboxylic acids is 1. The lowest BCUT2D eigenvalue weighted by Gasteiger charge is -2.40. The van der Waals surface area contributed by atoms with E-state index in [1.165, 1.54) is 12.1 Å². The summed E-state index contributed by atoms with van der Waals surface area (Å²) in [5, 5.41) is 12.1. The molecule has 200 valence electrons. The van der Waals surface area contributed by atoms with Gasteiger partial charge in [0.1, 0.15) is 5.82 Å². The maximum absolute atomic E-state index is 12.9. The van der Waals surface area contributed by atoms with Crippen molar-refractivity contribution in [3.8, 4) is 0 Å². The Morgan fingerprint density at radius 2 is 1.73 bits per heavy atom. The lowest BCUT2D eigenvalue weighted by atomic mass is 9.81. The van der Waals surface area contributed by atoms with E-state index in [4.69, 9.17) is 0 Å². The number of piperazine rings is 1. The van der Waals surface area contributed by atoms with E-state index in [1.807, 2.05) is 18.2 Å². The smallest absolute Gasteiger partial charge is 0.416 e. The van der Waals surface area contributed by atoms with Crippen molar-refractivity contribution in [3.63, 3.8) is 0 Å². The summed E-state index contributed by atoms with van der Waals surface area (Å²) in [6, 6.07) is 9.82. The summed E-state index contributed by atoms with van der Waals surface area (Å²) in [5.74, 6) is 0.117. The second-order valence-corrected chi connectivity index (χ2v) is 9.66. The van der Waals surface area contributed by atoms with Gasteiger partial charge in [0, 0.05) is 57.6 Å². The number of alkyl halides is 3. The number of likely N-dealkylation sites (tertiary alicyclic amines) is 1. The second kappa shape index (κ2) is 11.8. The van der Waals surface area contributed by atoms with Crippen LogP contribution in [0.15, 0.2) is 48.7 Å². The molecule has 2 saturated heterocycles. The molecule has 0 radical (unpaired) electrons. The van der Waals surface area contributed by atoms with Gasteiger partial charge in [0.25, 0.3) is 0 Å². The third-order valence-electron chi connectivity index (χ3n) is 7.24. The first-order chi connectivity index (χ1) is 17.7. The molecule has 2 aliphatic heterocycles. The Morgan fingerprint density at radius 1 is 1.00 bits per heavy atom. The Morgan fingerprint density at radius 3 is 2.35 bits per heavy atom. The van der Waals surface area contributed by atoms with Crippen LogP contribution >= 0.6 is 0 Å². The predicted molar refractivity (Wildman–Crippen MR) is 133 cm³/mol. The summed E-state index contributed by atoms with van der Waals surface area (Å²) >= 11 is 0. The van der Waals surface area contributed by atoms with Gasteiger partial charge in [0.05, 0.1) is 5.56 Å². The van der Waals surface area contributed by atoms with Gasteiger partial charge in [-0.15, -0.1) is 0 Å². The van der Waals surface area contributed by atoms with Gasteiger partial charge in [-0.05, 0) is 67.6 Å². The molecule has 11 heteroatoms. The molecule has 0 saturated carbocycles. The van der Waals surface area contributed by atoms with Crippen molar-refractivity contribution < 1.29 is 27.9 Å². The van der Waals surface area contributed by atoms with Crippen molar-refractivity contribution in [2.45, 2.75) is 25.4 Å². The maximum atomic E-state index is 12.9. The van der Waals surface area contributed by atoms with E-state index in [2.05, 4.69) is 20.1 Å². The number of pyridine rings is 1.